The highest BCUT2D eigenvalue weighted by molar-refractivity contribution is 6.30. The van der Waals surface area contributed by atoms with Crippen LogP contribution >= 0.6 is 0 Å². The van der Waals surface area contributed by atoms with Gasteiger partial charge in [0.2, 0.25) is 0 Å². The molecule has 6 N–H and O–H groups in total. The quantitative estimate of drug-likeness (QED) is 0.403. The highest BCUT2D eigenvalue weighted by Crippen LogP contribution is 2.30. The molecule has 0 atom stereocenters. The van der Waals surface area contributed by atoms with Crippen molar-refractivity contribution in [1.29, 1.82) is 0 Å². The van der Waals surface area contributed by atoms with Gasteiger partial charge in [-0.2, -0.15) is 0 Å². The molecule has 1 aromatic rings. The molecule has 0 radical (unpaired) electrons. The van der Waals surface area contributed by atoms with E-state index in [4.69, 9.17) is 25.5 Å². The Balaban J connectivity index is 0.000000796. The van der Waals surface area contributed by atoms with Crippen molar-refractivity contribution in [2.75, 3.05) is 5.73 Å². The van der Waals surface area contributed by atoms with Gasteiger partial charge in [-0.1, -0.05) is 0 Å². The van der Waals surface area contributed by atoms with E-state index in [1.165, 1.54) is 12.1 Å². The average Bonchev–Trinajstić information content (AvgIpc) is 2.19. The van der Waals surface area contributed by atoms with E-state index in [2.05, 4.69) is 0 Å². The summed E-state index contributed by atoms with van der Waals surface area (Å²) >= 11 is 0. The van der Waals surface area contributed by atoms with Crippen LogP contribution in [-0.4, -0.2) is 38.7 Å². The van der Waals surface area contributed by atoms with E-state index < -0.39 is 24.3 Å². The van der Waals surface area contributed by atoms with E-state index in [0.29, 0.717) is 5.69 Å². The standard InChI is InChI=1S/C12H18FNO2.BH3O3/c1-11(2,15)12(3,4)16-10-6-5-8(14)7-9(10)13;2-1(3)4/h5-7,15H,14H2,1-4H3;2-4H. The summed E-state index contributed by atoms with van der Waals surface area (Å²) in [4.78, 5) is 0. The molecule has 0 amide bonds. The molecular formula is C12H21BFNO5. The number of hydrogen-bond acceptors (Lipinski definition) is 6. The Labute approximate surface area is 117 Å². The van der Waals surface area contributed by atoms with Gasteiger partial charge in [-0.15, -0.1) is 0 Å². The van der Waals surface area contributed by atoms with Crippen LogP contribution in [0.25, 0.3) is 0 Å². The van der Waals surface area contributed by atoms with Crippen LogP contribution in [0.15, 0.2) is 18.2 Å². The lowest BCUT2D eigenvalue weighted by molar-refractivity contribution is -0.0920. The summed E-state index contributed by atoms with van der Waals surface area (Å²) < 4.78 is 19.0. The molecule has 0 aromatic heterocycles. The number of rotatable bonds is 3. The molecule has 6 nitrogen and oxygen atoms in total. The molecule has 0 bridgehead atoms. The molecule has 114 valence electrons. The van der Waals surface area contributed by atoms with Crippen molar-refractivity contribution in [2.45, 2.75) is 38.9 Å². The molecule has 0 saturated heterocycles. The van der Waals surface area contributed by atoms with Crippen LogP contribution in [0.1, 0.15) is 27.7 Å². The van der Waals surface area contributed by atoms with Gasteiger partial charge in [0.15, 0.2) is 11.6 Å². The van der Waals surface area contributed by atoms with Crippen LogP contribution in [0.3, 0.4) is 0 Å². The number of benzene rings is 1. The van der Waals surface area contributed by atoms with Crippen molar-refractivity contribution in [3.8, 4) is 5.75 Å². The predicted octanol–water partition coefficient (Wildman–Crippen LogP) is 0.284. The molecule has 0 saturated carbocycles. The first kappa shape index (κ1) is 18.7. The second kappa shape index (κ2) is 6.89. The number of ether oxygens (including phenoxy) is 1. The normalized spacial score (nSPS) is 11.4. The van der Waals surface area contributed by atoms with Crippen LogP contribution in [-0.2, 0) is 0 Å². The third-order valence-electron chi connectivity index (χ3n) is 2.79. The highest BCUT2D eigenvalue weighted by Gasteiger charge is 2.37. The molecule has 0 aliphatic carbocycles. The molecule has 0 unspecified atom stereocenters. The maximum atomic E-state index is 13.5. The van der Waals surface area contributed by atoms with Crippen LogP contribution in [0.5, 0.6) is 5.75 Å². The van der Waals surface area contributed by atoms with Crippen LogP contribution in [0.2, 0.25) is 0 Å². The van der Waals surface area contributed by atoms with Crippen molar-refractivity contribution in [3.63, 3.8) is 0 Å². The van der Waals surface area contributed by atoms with Gasteiger partial charge in [0.1, 0.15) is 5.60 Å². The first-order valence-corrected chi connectivity index (χ1v) is 5.87. The molecule has 0 aliphatic heterocycles. The maximum Gasteiger partial charge on any atom is 0.631 e. The molecule has 1 rings (SSSR count). The summed E-state index contributed by atoms with van der Waals surface area (Å²) in [6.45, 7) is 6.62. The van der Waals surface area contributed by atoms with Crippen molar-refractivity contribution in [2.24, 2.45) is 0 Å². The van der Waals surface area contributed by atoms with Gasteiger partial charge in [-0.25, -0.2) is 4.39 Å². The van der Waals surface area contributed by atoms with E-state index in [1.54, 1.807) is 33.8 Å². The number of anilines is 1. The van der Waals surface area contributed by atoms with Crippen LogP contribution in [0.4, 0.5) is 10.1 Å². The van der Waals surface area contributed by atoms with Gasteiger partial charge >= 0.3 is 7.32 Å². The summed E-state index contributed by atoms with van der Waals surface area (Å²) in [7, 11) is -2.17. The first-order valence-electron chi connectivity index (χ1n) is 5.87. The summed E-state index contributed by atoms with van der Waals surface area (Å²) in [5, 5.41) is 31.4. The molecule has 0 heterocycles. The van der Waals surface area contributed by atoms with Gasteiger partial charge in [0.05, 0.1) is 5.60 Å². The first-order chi connectivity index (χ1) is 8.86. The Bertz CT molecular complexity index is 432. The highest BCUT2D eigenvalue weighted by atomic mass is 19.1. The van der Waals surface area contributed by atoms with E-state index in [0.717, 1.165) is 0 Å². The molecule has 8 heteroatoms. The van der Waals surface area contributed by atoms with Gasteiger partial charge in [0.25, 0.3) is 0 Å². The Morgan fingerprint density at radius 2 is 1.60 bits per heavy atom. The number of aliphatic hydroxyl groups is 1. The Kier molecular flexibility index (Phi) is 6.43. The third kappa shape index (κ3) is 6.20. The lowest BCUT2D eigenvalue weighted by Crippen LogP contribution is -2.49. The Morgan fingerprint density at radius 1 is 1.15 bits per heavy atom. The second-order valence-electron chi connectivity index (χ2n) is 5.21. The summed E-state index contributed by atoms with van der Waals surface area (Å²) in [6.07, 6.45) is 0. The fourth-order valence-corrected chi connectivity index (χ4v) is 1.000. The van der Waals surface area contributed by atoms with Crippen molar-refractivity contribution >= 4 is 13.0 Å². The number of nitrogens with two attached hydrogens (primary N) is 1. The Morgan fingerprint density at radius 3 is 1.95 bits per heavy atom. The lowest BCUT2D eigenvalue weighted by atomic mass is 9.89. The third-order valence-corrected chi connectivity index (χ3v) is 2.79. The molecule has 0 aliphatic rings. The monoisotopic (exact) mass is 289 g/mol. The summed E-state index contributed by atoms with van der Waals surface area (Å²) in [5.74, 6) is -0.446. The zero-order valence-corrected chi connectivity index (χ0v) is 12.0. The molecule has 0 fully saturated rings. The average molecular weight is 289 g/mol. The van der Waals surface area contributed by atoms with E-state index in [-0.39, 0.29) is 5.75 Å². The maximum absolute atomic E-state index is 13.5. The van der Waals surface area contributed by atoms with Crippen molar-refractivity contribution < 1.29 is 29.3 Å². The minimum Gasteiger partial charge on any atom is -0.482 e. The van der Waals surface area contributed by atoms with Gasteiger partial charge < -0.3 is 30.6 Å². The van der Waals surface area contributed by atoms with E-state index in [1.807, 2.05) is 0 Å². The topological polar surface area (TPSA) is 116 Å². The van der Waals surface area contributed by atoms with E-state index in [9.17, 15) is 9.50 Å². The van der Waals surface area contributed by atoms with Gasteiger partial charge in [-0.05, 0) is 39.8 Å². The largest absolute Gasteiger partial charge is 0.631 e. The molecule has 0 spiro atoms. The second-order valence-corrected chi connectivity index (χ2v) is 5.21. The number of halogens is 1. The lowest BCUT2D eigenvalue weighted by Gasteiger charge is -2.37. The fraction of sp³-hybridized carbons (Fsp3) is 0.500. The summed E-state index contributed by atoms with van der Waals surface area (Å²) in [5.41, 5.74) is 3.79. The smallest absolute Gasteiger partial charge is 0.482 e. The van der Waals surface area contributed by atoms with Gasteiger partial charge in [0, 0.05) is 11.8 Å². The number of nitrogen functional groups attached to an aromatic ring is 1. The van der Waals surface area contributed by atoms with Crippen LogP contribution in [0, 0.1) is 5.82 Å². The van der Waals surface area contributed by atoms with E-state index >= 15 is 0 Å². The predicted molar refractivity (Wildman–Crippen MR) is 74.2 cm³/mol. The fourth-order valence-electron chi connectivity index (χ4n) is 1.000. The van der Waals surface area contributed by atoms with Gasteiger partial charge in [-0.3, -0.25) is 0 Å². The van der Waals surface area contributed by atoms with Crippen LogP contribution < -0.4 is 10.5 Å². The molecular weight excluding hydrogens is 268 g/mol. The summed E-state index contributed by atoms with van der Waals surface area (Å²) in [6, 6.07) is 4.20. The molecule has 20 heavy (non-hydrogen) atoms. The molecule has 1 aromatic carbocycles. The van der Waals surface area contributed by atoms with Crippen molar-refractivity contribution in [3.05, 3.63) is 24.0 Å². The SMILES string of the molecule is CC(C)(O)C(C)(C)Oc1ccc(N)cc1F.OB(O)O. The van der Waals surface area contributed by atoms with Crippen molar-refractivity contribution in [1.82, 2.24) is 0 Å². The minimum absolute atomic E-state index is 0.0846. The zero-order valence-electron chi connectivity index (χ0n) is 12.0. The number of hydrogen-bond donors (Lipinski definition) is 5. The Hall–Kier alpha value is -1.35. The zero-order chi connectivity index (χ0) is 16.1. The minimum atomic E-state index is -2.17.